The molecule has 0 spiro atoms. The first-order valence-corrected chi connectivity index (χ1v) is 10.7. The molecule has 31 heavy (non-hydrogen) atoms. The molecule has 1 aliphatic rings. The zero-order chi connectivity index (χ0) is 21.9. The van der Waals surface area contributed by atoms with Crippen LogP contribution in [0.2, 0.25) is 0 Å². The van der Waals surface area contributed by atoms with Crippen molar-refractivity contribution in [1.82, 2.24) is 0 Å². The number of benzene rings is 4. The predicted molar refractivity (Wildman–Crippen MR) is 126 cm³/mol. The third-order valence-electron chi connectivity index (χ3n) is 6.74. The molecule has 0 heterocycles. The van der Waals surface area contributed by atoms with Crippen LogP contribution < -0.4 is 0 Å². The second-order valence-corrected chi connectivity index (χ2v) is 8.75. The number of aromatic hydroxyl groups is 2. The molecule has 0 amide bonds. The Morgan fingerprint density at radius 3 is 1.19 bits per heavy atom. The first kappa shape index (κ1) is 19.4. The molecule has 2 heteroatoms. The van der Waals surface area contributed by atoms with Gasteiger partial charge in [0.15, 0.2) is 0 Å². The topological polar surface area (TPSA) is 40.5 Å². The number of aryl methyl sites for hydroxylation is 4. The molecular formula is C29H26O2. The van der Waals surface area contributed by atoms with E-state index in [2.05, 4.69) is 76.2 Å². The van der Waals surface area contributed by atoms with E-state index < -0.39 is 5.41 Å². The molecule has 0 unspecified atom stereocenters. The van der Waals surface area contributed by atoms with E-state index >= 15 is 0 Å². The fraction of sp³-hybridized carbons (Fsp3) is 0.172. The van der Waals surface area contributed by atoms with E-state index in [0.29, 0.717) is 0 Å². The molecule has 0 aromatic heterocycles. The first-order valence-electron chi connectivity index (χ1n) is 10.7. The largest absolute Gasteiger partial charge is 0.508 e. The number of phenols is 2. The molecule has 0 bridgehead atoms. The number of fused-ring (bicyclic) bond motifs is 3. The third kappa shape index (κ3) is 2.58. The van der Waals surface area contributed by atoms with Gasteiger partial charge in [0.2, 0.25) is 0 Å². The highest BCUT2D eigenvalue weighted by molar-refractivity contribution is 5.87. The standard InChI is InChI=1S/C29H26O2/c1-17-13-21(30)14-18(2)27(17)29(28-19(3)15-22(31)16-20(28)4)25-11-7-5-9-23(25)24-10-6-8-12-26(24)29/h5-16,30-31H,1-4H3. The summed E-state index contributed by atoms with van der Waals surface area (Å²) >= 11 is 0. The highest BCUT2D eigenvalue weighted by atomic mass is 16.3. The van der Waals surface area contributed by atoms with Gasteiger partial charge in [-0.05, 0) is 108 Å². The summed E-state index contributed by atoms with van der Waals surface area (Å²) in [5, 5.41) is 20.6. The third-order valence-corrected chi connectivity index (χ3v) is 6.74. The van der Waals surface area contributed by atoms with Crippen molar-refractivity contribution in [3.63, 3.8) is 0 Å². The van der Waals surface area contributed by atoms with Gasteiger partial charge in [0.1, 0.15) is 11.5 Å². The quantitative estimate of drug-likeness (QED) is 0.343. The summed E-state index contributed by atoms with van der Waals surface area (Å²) in [5.41, 5.74) is 11.0. The summed E-state index contributed by atoms with van der Waals surface area (Å²) in [6.45, 7) is 8.33. The van der Waals surface area contributed by atoms with Crippen molar-refractivity contribution in [2.45, 2.75) is 33.1 Å². The Bertz CT molecular complexity index is 1200. The summed E-state index contributed by atoms with van der Waals surface area (Å²) in [7, 11) is 0. The van der Waals surface area contributed by atoms with Crippen LogP contribution in [0.5, 0.6) is 11.5 Å². The van der Waals surface area contributed by atoms with Gasteiger partial charge in [-0.3, -0.25) is 0 Å². The van der Waals surface area contributed by atoms with Crippen LogP contribution >= 0.6 is 0 Å². The Balaban J connectivity index is 2.07. The van der Waals surface area contributed by atoms with Crippen molar-refractivity contribution in [2.75, 3.05) is 0 Å². The fourth-order valence-electron chi connectivity index (χ4n) is 5.96. The molecule has 1 aliphatic carbocycles. The normalized spacial score (nSPS) is 13.7. The molecule has 2 nitrogen and oxygen atoms in total. The Labute approximate surface area is 183 Å². The lowest BCUT2D eigenvalue weighted by Crippen LogP contribution is -2.32. The molecule has 4 aromatic carbocycles. The maximum absolute atomic E-state index is 10.3. The fourth-order valence-corrected chi connectivity index (χ4v) is 5.96. The van der Waals surface area contributed by atoms with Gasteiger partial charge in [0, 0.05) is 0 Å². The minimum Gasteiger partial charge on any atom is -0.508 e. The molecule has 0 radical (unpaired) electrons. The molecule has 0 fully saturated rings. The van der Waals surface area contributed by atoms with Crippen LogP contribution in [0.1, 0.15) is 44.5 Å². The summed E-state index contributed by atoms with van der Waals surface area (Å²) in [6.07, 6.45) is 0. The monoisotopic (exact) mass is 406 g/mol. The number of rotatable bonds is 2. The van der Waals surface area contributed by atoms with Gasteiger partial charge in [0.05, 0.1) is 5.41 Å². The Kier molecular flexibility index (Phi) is 4.23. The molecule has 0 atom stereocenters. The molecule has 0 saturated heterocycles. The van der Waals surface area contributed by atoms with E-state index in [4.69, 9.17) is 0 Å². The predicted octanol–water partition coefficient (Wildman–Crippen LogP) is 6.69. The second-order valence-electron chi connectivity index (χ2n) is 8.75. The average Bonchev–Trinajstić information content (AvgIpc) is 2.98. The van der Waals surface area contributed by atoms with Crippen molar-refractivity contribution in [1.29, 1.82) is 0 Å². The van der Waals surface area contributed by atoms with Gasteiger partial charge in [-0.1, -0.05) is 48.5 Å². The summed E-state index contributed by atoms with van der Waals surface area (Å²) in [4.78, 5) is 0. The van der Waals surface area contributed by atoms with Gasteiger partial charge < -0.3 is 10.2 Å². The molecule has 154 valence electrons. The van der Waals surface area contributed by atoms with Crippen molar-refractivity contribution >= 4 is 0 Å². The Morgan fingerprint density at radius 1 is 0.516 bits per heavy atom. The van der Waals surface area contributed by atoms with E-state index in [1.54, 1.807) is 0 Å². The van der Waals surface area contributed by atoms with Gasteiger partial charge in [-0.15, -0.1) is 0 Å². The molecular weight excluding hydrogens is 380 g/mol. The van der Waals surface area contributed by atoms with Crippen LogP contribution in [-0.2, 0) is 5.41 Å². The maximum Gasteiger partial charge on any atom is 0.116 e. The molecule has 5 rings (SSSR count). The van der Waals surface area contributed by atoms with E-state index in [9.17, 15) is 10.2 Å². The van der Waals surface area contributed by atoms with Gasteiger partial charge >= 0.3 is 0 Å². The van der Waals surface area contributed by atoms with Gasteiger partial charge in [0.25, 0.3) is 0 Å². The van der Waals surface area contributed by atoms with Crippen LogP contribution in [0.4, 0.5) is 0 Å². The van der Waals surface area contributed by atoms with E-state index in [1.807, 2.05) is 24.3 Å². The van der Waals surface area contributed by atoms with E-state index in [-0.39, 0.29) is 11.5 Å². The molecule has 0 aliphatic heterocycles. The highest BCUT2D eigenvalue weighted by Gasteiger charge is 2.48. The van der Waals surface area contributed by atoms with Crippen LogP contribution in [0.3, 0.4) is 0 Å². The summed E-state index contributed by atoms with van der Waals surface area (Å²) in [6, 6.07) is 24.7. The maximum atomic E-state index is 10.3. The van der Waals surface area contributed by atoms with E-state index in [1.165, 1.54) is 33.4 Å². The van der Waals surface area contributed by atoms with Crippen LogP contribution in [0.25, 0.3) is 11.1 Å². The van der Waals surface area contributed by atoms with Gasteiger partial charge in [-0.2, -0.15) is 0 Å². The zero-order valence-electron chi connectivity index (χ0n) is 18.3. The van der Waals surface area contributed by atoms with Crippen LogP contribution in [-0.4, -0.2) is 10.2 Å². The second kappa shape index (κ2) is 6.75. The number of phenolic OH excluding ortho intramolecular Hbond substituents is 2. The SMILES string of the molecule is Cc1cc(O)cc(C)c1C1(c2c(C)cc(O)cc2C)c2ccccc2-c2ccccc21. The minimum atomic E-state index is -0.531. The van der Waals surface area contributed by atoms with Crippen LogP contribution in [0.15, 0.2) is 72.8 Å². The van der Waals surface area contributed by atoms with Crippen molar-refractivity contribution in [2.24, 2.45) is 0 Å². The van der Waals surface area contributed by atoms with Gasteiger partial charge in [-0.25, -0.2) is 0 Å². The molecule has 0 saturated carbocycles. The number of hydrogen-bond acceptors (Lipinski definition) is 2. The lowest BCUT2D eigenvalue weighted by molar-refractivity contribution is 0.473. The van der Waals surface area contributed by atoms with Crippen molar-refractivity contribution < 1.29 is 10.2 Å². The van der Waals surface area contributed by atoms with Crippen molar-refractivity contribution in [3.05, 3.63) is 117 Å². The Morgan fingerprint density at radius 2 is 0.839 bits per heavy atom. The molecule has 4 aromatic rings. The smallest absolute Gasteiger partial charge is 0.116 e. The number of hydrogen-bond donors (Lipinski definition) is 2. The Hall–Kier alpha value is -3.52. The summed E-state index contributed by atoms with van der Waals surface area (Å²) < 4.78 is 0. The molecule has 2 N–H and O–H groups in total. The summed E-state index contributed by atoms with van der Waals surface area (Å²) in [5.74, 6) is 0.570. The van der Waals surface area contributed by atoms with Crippen molar-refractivity contribution in [3.8, 4) is 22.6 Å². The first-order chi connectivity index (χ1) is 14.9. The lowest BCUT2D eigenvalue weighted by atomic mass is 9.63. The zero-order valence-corrected chi connectivity index (χ0v) is 18.3. The average molecular weight is 407 g/mol. The van der Waals surface area contributed by atoms with Crippen LogP contribution in [0, 0.1) is 27.7 Å². The lowest BCUT2D eigenvalue weighted by Gasteiger charge is -2.38. The van der Waals surface area contributed by atoms with E-state index in [0.717, 1.165) is 22.3 Å². The highest BCUT2D eigenvalue weighted by Crippen LogP contribution is 2.58. The minimum absolute atomic E-state index is 0.285.